The van der Waals surface area contributed by atoms with Crippen LogP contribution in [-0.2, 0) is 12.8 Å². The quantitative estimate of drug-likeness (QED) is 0.894. The van der Waals surface area contributed by atoms with Crippen molar-refractivity contribution in [3.63, 3.8) is 0 Å². The average molecular weight is 244 g/mol. The molecule has 0 amide bonds. The minimum Gasteiger partial charge on any atom is -0.330 e. The van der Waals surface area contributed by atoms with Crippen molar-refractivity contribution in [2.75, 3.05) is 6.54 Å². The van der Waals surface area contributed by atoms with E-state index in [1.54, 1.807) is 0 Å². The van der Waals surface area contributed by atoms with Crippen LogP contribution in [0.4, 0.5) is 0 Å². The molecule has 2 rings (SSSR count). The molecular formula is C14H20N4. The van der Waals surface area contributed by atoms with Crippen molar-refractivity contribution in [3.05, 3.63) is 40.8 Å². The lowest BCUT2D eigenvalue weighted by molar-refractivity contribution is 0.801. The van der Waals surface area contributed by atoms with Gasteiger partial charge < -0.3 is 5.73 Å². The highest BCUT2D eigenvalue weighted by molar-refractivity contribution is 5.33. The first-order valence-electron chi connectivity index (χ1n) is 6.37. The summed E-state index contributed by atoms with van der Waals surface area (Å²) in [6.45, 7) is 6.94. The van der Waals surface area contributed by atoms with Crippen LogP contribution in [0.15, 0.2) is 18.3 Å². The molecule has 2 heterocycles. The van der Waals surface area contributed by atoms with Crippen molar-refractivity contribution in [1.82, 2.24) is 14.8 Å². The van der Waals surface area contributed by atoms with Gasteiger partial charge in [-0.15, -0.1) is 0 Å². The second kappa shape index (κ2) is 5.31. The van der Waals surface area contributed by atoms with Crippen LogP contribution in [0.5, 0.6) is 0 Å². The van der Waals surface area contributed by atoms with E-state index in [9.17, 15) is 0 Å². The van der Waals surface area contributed by atoms with Gasteiger partial charge in [0.1, 0.15) is 0 Å². The summed E-state index contributed by atoms with van der Waals surface area (Å²) < 4.78 is 1.92. The molecule has 0 atom stereocenters. The number of aromatic nitrogens is 3. The smallest absolute Gasteiger partial charge is 0.153 e. The van der Waals surface area contributed by atoms with Gasteiger partial charge in [0.05, 0.1) is 5.69 Å². The summed E-state index contributed by atoms with van der Waals surface area (Å²) in [6, 6.07) is 4.07. The summed E-state index contributed by atoms with van der Waals surface area (Å²) in [7, 11) is 0. The number of rotatable bonds is 4. The number of aryl methyl sites for hydroxylation is 1. The molecule has 4 nitrogen and oxygen atoms in total. The van der Waals surface area contributed by atoms with Crippen LogP contribution < -0.4 is 5.73 Å². The third-order valence-corrected chi connectivity index (χ3v) is 3.25. The van der Waals surface area contributed by atoms with E-state index < -0.39 is 0 Å². The molecule has 0 spiro atoms. The third kappa shape index (κ3) is 2.29. The molecule has 0 unspecified atom stereocenters. The zero-order valence-corrected chi connectivity index (χ0v) is 11.3. The highest BCUT2D eigenvalue weighted by Crippen LogP contribution is 2.17. The molecular weight excluding hydrogens is 224 g/mol. The first-order chi connectivity index (χ1) is 8.67. The second-order valence-corrected chi connectivity index (χ2v) is 4.48. The fourth-order valence-corrected chi connectivity index (χ4v) is 2.27. The molecule has 2 N–H and O–H groups in total. The minimum atomic E-state index is 0.654. The van der Waals surface area contributed by atoms with Crippen LogP contribution in [0, 0.1) is 13.8 Å². The van der Waals surface area contributed by atoms with Gasteiger partial charge in [-0.25, -0.2) is 9.67 Å². The number of nitrogens with two attached hydrogens (primary N) is 1. The zero-order chi connectivity index (χ0) is 13.1. The van der Waals surface area contributed by atoms with Crippen molar-refractivity contribution in [1.29, 1.82) is 0 Å². The molecule has 0 fully saturated rings. The van der Waals surface area contributed by atoms with E-state index in [0.29, 0.717) is 6.54 Å². The summed E-state index contributed by atoms with van der Waals surface area (Å²) in [4.78, 5) is 4.46. The predicted octanol–water partition coefficient (Wildman–Crippen LogP) is 1.95. The topological polar surface area (TPSA) is 56.7 Å². The highest BCUT2D eigenvalue weighted by Gasteiger charge is 2.11. The fraction of sp³-hybridized carbons (Fsp3) is 0.429. The normalized spacial score (nSPS) is 10.9. The van der Waals surface area contributed by atoms with E-state index in [0.717, 1.165) is 24.4 Å². The van der Waals surface area contributed by atoms with Gasteiger partial charge in [-0.1, -0.05) is 13.0 Å². The summed E-state index contributed by atoms with van der Waals surface area (Å²) in [6.07, 6.45) is 3.75. The van der Waals surface area contributed by atoms with Gasteiger partial charge in [-0.2, -0.15) is 5.10 Å². The third-order valence-electron chi connectivity index (χ3n) is 3.25. The Morgan fingerprint density at radius 2 is 2.06 bits per heavy atom. The molecule has 0 bridgehead atoms. The lowest BCUT2D eigenvalue weighted by Crippen LogP contribution is -2.05. The standard InChI is InChI=1S/C14H20N4/c1-4-13-10(2)17-18(11(13)3)14-6-5-12(7-8-15)9-16-14/h5-6,9H,4,7-8,15H2,1-3H3. The van der Waals surface area contributed by atoms with E-state index >= 15 is 0 Å². The molecule has 0 saturated heterocycles. The van der Waals surface area contributed by atoms with Gasteiger partial charge in [0.2, 0.25) is 0 Å². The molecule has 4 heteroatoms. The zero-order valence-electron chi connectivity index (χ0n) is 11.3. The minimum absolute atomic E-state index is 0.654. The molecule has 0 saturated carbocycles. The fourth-order valence-electron chi connectivity index (χ4n) is 2.27. The summed E-state index contributed by atoms with van der Waals surface area (Å²) in [5.74, 6) is 0.871. The summed E-state index contributed by atoms with van der Waals surface area (Å²) in [5.41, 5.74) is 10.3. The molecule has 2 aromatic rings. The van der Waals surface area contributed by atoms with Gasteiger partial charge in [0.15, 0.2) is 5.82 Å². The Labute approximate surface area is 108 Å². The Morgan fingerprint density at radius 3 is 2.56 bits per heavy atom. The van der Waals surface area contributed by atoms with Crippen molar-refractivity contribution < 1.29 is 0 Å². The maximum absolute atomic E-state index is 5.53. The van der Waals surface area contributed by atoms with E-state index in [4.69, 9.17) is 5.73 Å². The first-order valence-corrected chi connectivity index (χ1v) is 6.37. The van der Waals surface area contributed by atoms with Crippen molar-refractivity contribution in [2.45, 2.75) is 33.6 Å². The van der Waals surface area contributed by atoms with E-state index in [2.05, 4.69) is 30.0 Å². The lowest BCUT2D eigenvalue weighted by atomic mass is 10.1. The second-order valence-electron chi connectivity index (χ2n) is 4.48. The number of nitrogens with zero attached hydrogens (tertiary/aromatic N) is 3. The molecule has 0 aliphatic rings. The van der Waals surface area contributed by atoms with Gasteiger partial charge in [-0.05, 0) is 50.4 Å². The molecule has 0 aromatic carbocycles. The lowest BCUT2D eigenvalue weighted by Gasteiger charge is -2.05. The highest BCUT2D eigenvalue weighted by atomic mass is 15.3. The largest absolute Gasteiger partial charge is 0.330 e. The maximum atomic E-state index is 5.53. The Hall–Kier alpha value is -1.68. The summed E-state index contributed by atoms with van der Waals surface area (Å²) in [5, 5.41) is 4.56. The van der Waals surface area contributed by atoms with E-state index in [-0.39, 0.29) is 0 Å². The van der Waals surface area contributed by atoms with E-state index in [1.807, 2.05) is 23.9 Å². The van der Waals surface area contributed by atoms with Gasteiger partial charge >= 0.3 is 0 Å². The molecule has 0 radical (unpaired) electrons. The number of pyridine rings is 1. The SMILES string of the molecule is CCc1c(C)nn(-c2ccc(CCN)cn2)c1C. The number of hydrogen-bond donors (Lipinski definition) is 1. The van der Waals surface area contributed by atoms with Crippen molar-refractivity contribution >= 4 is 0 Å². The van der Waals surface area contributed by atoms with Crippen LogP contribution in [0.2, 0.25) is 0 Å². The Balaban J connectivity index is 2.36. The first kappa shape index (κ1) is 12.8. The molecule has 2 aromatic heterocycles. The van der Waals surface area contributed by atoms with E-state index in [1.165, 1.54) is 16.8 Å². The Morgan fingerprint density at radius 1 is 1.28 bits per heavy atom. The summed E-state index contributed by atoms with van der Waals surface area (Å²) >= 11 is 0. The van der Waals surface area contributed by atoms with Crippen LogP contribution in [0.25, 0.3) is 5.82 Å². The maximum Gasteiger partial charge on any atom is 0.153 e. The van der Waals surface area contributed by atoms with Crippen molar-refractivity contribution in [3.8, 4) is 5.82 Å². The van der Waals surface area contributed by atoms with Gasteiger partial charge in [0.25, 0.3) is 0 Å². The molecule has 0 aliphatic carbocycles. The molecule has 0 aliphatic heterocycles. The Bertz CT molecular complexity index is 525. The van der Waals surface area contributed by atoms with Crippen LogP contribution >= 0.6 is 0 Å². The number of hydrogen-bond acceptors (Lipinski definition) is 3. The average Bonchev–Trinajstić information content (AvgIpc) is 2.66. The van der Waals surface area contributed by atoms with Gasteiger partial charge in [-0.3, -0.25) is 0 Å². The molecule has 96 valence electrons. The van der Waals surface area contributed by atoms with Crippen LogP contribution in [0.1, 0.15) is 29.4 Å². The predicted molar refractivity (Wildman–Crippen MR) is 73.0 cm³/mol. The van der Waals surface area contributed by atoms with Crippen LogP contribution in [0.3, 0.4) is 0 Å². The van der Waals surface area contributed by atoms with Gasteiger partial charge in [0, 0.05) is 11.9 Å². The monoisotopic (exact) mass is 244 g/mol. The molecule has 18 heavy (non-hydrogen) atoms. The van der Waals surface area contributed by atoms with Crippen molar-refractivity contribution in [2.24, 2.45) is 5.73 Å². The van der Waals surface area contributed by atoms with Crippen LogP contribution in [-0.4, -0.2) is 21.3 Å². The Kier molecular flexibility index (Phi) is 3.77.